The average molecular weight is 226 g/mol. The largest absolute Gasteiger partial charge is 0.481 e. The zero-order valence-electron chi connectivity index (χ0n) is 8.48. The highest BCUT2D eigenvalue weighted by Crippen LogP contribution is 2.43. The molecule has 0 aromatic carbocycles. The van der Waals surface area contributed by atoms with Crippen molar-refractivity contribution in [2.45, 2.75) is 12.1 Å². The molecule has 6 atom stereocenters. The van der Waals surface area contributed by atoms with Crippen molar-refractivity contribution in [2.75, 3.05) is 0 Å². The lowest BCUT2D eigenvalue weighted by molar-refractivity contribution is -0.155. The monoisotopic (exact) mass is 226 g/mol. The summed E-state index contributed by atoms with van der Waals surface area (Å²) < 4.78 is 0. The maximum atomic E-state index is 11.1. The Kier molecular flexibility index (Phi) is 2.47. The molecule has 6 nitrogen and oxygen atoms in total. The third-order valence-electron chi connectivity index (χ3n) is 3.67. The standard InChI is InChI=1S/C10H14N2O4/c11-7-3-1-2-4(6(7)10(15)16)8(12)5(3)9(13)14/h1-8H,11-12H2,(H,13,14)(H,15,16)/t3-,4-,5?,6?,7?,8?/m1/s1. The molecule has 16 heavy (non-hydrogen) atoms. The van der Waals surface area contributed by atoms with Crippen LogP contribution in [0.25, 0.3) is 0 Å². The second-order valence-corrected chi connectivity index (χ2v) is 4.42. The molecule has 3 aliphatic carbocycles. The second kappa shape index (κ2) is 3.57. The van der Waals surface area contributed by atoms with Gasteiger partial charge in [0.25, 0.3) is 0 Å². The van der Waals surface area contributed by atoms with Crippen LogP contribution in [-0.2, 0) is 9.59 Å². The number of fused-ring (bicyclic) bond motifs is 2. The Balaban J connectivity index is 2.38. The van der Waals surface area contributed by atoms with E-state index in [-0.39, 0.29) is 0 Å². The van der Waals surface area contributed by atoms with Gasteiger partial charge in [-0.05, 0) is 0 Å². The Bertz CT molecular complexity index is 334. The quantitative estimate of drug-likeness (QED) is 0.441. The van der Waals surface area contributed by atoms with Gasteiger partial charge in [0, 0.05) is 23.9 Å². The molecule has 0 saturated heterocycles. The minimum atomic E-state index is -1.01. The molecular formula is C10H14N2O4. The van der Waals surface area contributed by atoms with Gasteiger partial charge in [-0.1, -0.05) is 12.2 Å². The first kappa shape index (κ1) is 11.1. The van der Waals surface area contributed by atoms with Crippen molar-refractivity contribution in [3.63, 3.8) is 0 Å². The zero-order valence-corrected chi connectivity index (χ0v) is 8.48. The fourth-order valence-electron chi connectivity index (χ4n) is 2.88. The van der Waals surface area contributed by atoms with E-state index in [2.05, 4.69) is 0 Å². The summed E-state index contributed by atoms with van der Waals surface area (Å²) in [6.45, 7) is 0. The predicted molar refractivity (Wildman–Crippen MR) is 54.3 cm³/mol. The second-order valence-electron chi connectivity index (χ2n) is 4.42. The molecule has 88 valence electrons. The zero-order chi connectivity index (χ0) is 12.0. The lowest BCUT2D eigenvalue weighted by Crippen LogP contribution is -2.63. The van der Waals surface area contributed by atoms with E-state index in [0.717, 1.165) is 0 Å². The Labute approximate surface area is 91.9 Å². The van der Waals surface area contributed by atoms with Crippen LogP contribution in [0, 0.1) is 23.7 Å². The van der Waals surface area contributed by atoms with Gasteiger partial charge in [-0.3, -0.25) is 9.59 Å². The van der Waals surface area contributed by atoms with E-state index in [1.807, 2.05) is 0 Å². The number of hydrogen-bond acceptors (Lipinski definition) is 4. The maximum Gasteiger partial charge on any atom is 0.308 e. The summed E-state index contributed by atoms with van der Waals surface area (Å²) in [6, 6.07) is -1.35. The maximum absolute atomic E-state index is 11.1. The van der Waals surface area contributed by atoms with Crippen LogP contribution in [0.1, 0.15) is 0 Å². The van der Waals surface area contributed by atoms with E-state index in [1.54, 1.807) is 12.2 Å². The number of carboxylic acids is 2. The number of nitrogens with two attached hydrogens (primary N) is 2. The molecule has 1 saturated carbocycles. The van der Waals surface area contributed by atoms with Crippen LogP contribution in [0.5, 0.6) is 0 Å². The molecule has 6 heteroatoms. The van der Waals surface area contributed by atoms with Crippen LogP contribution < -0.4 is 11.5 Å². The number of hydrogen-bond donors (Lipinski definition) is 4. The van der Waals surface area contributed by atoms with Gasteiger partial charge < -0.3 is 21.7 Å². The van der Waals surface area contributed by atoms with E-state index < -0.39 is 47.7 Å². The normalized spacial score (nSPS) is 45.6. The van der Waals surface area contributed by atoms with Crippen LogP contribution in [-0.4, -0.2) is 34.2 Å². The highest BCUT2D eigenvalue weighted by molar-refractivity contribution is 5.77. The molecule has 0 amide bonds. The first-order chi connectivity index (χ1) is 7.45. The van der Waals surface area contributed by atoms with Gasteiger partial charge in [0.1, 0.15) is 0 Å². The highest BCUT2D eigenvalue weighted by Gasteiger charge is 2.54. The summed E-state index contributed by atoms with van der Waals surface area (Å²) in [5.74, 6) is -4.55. The summed E-state index contributed by atoms with van der Waals surface area (Å²) >= 11 is 0. The van der Waals surface area contributed by atoms with Gasteiger partial charge in [0.2, 0.25) is 0 Å². The Morgan fingerprint density at radius 3 is 1.44 bits per heavy atom. The molecule has 0 aromatic rings. The number of carbonyl (C=O) groups is 2. The van der Waals surface area contributed by atoms with Gasteiger partial charge in [-0.25, -0.2) is 0 Å². The minimum Gasteiger partial charge on any atom is -0.481 e. The third kappa shape index (κ3) is 1.34. The topological polar surface area (TPSA) is 127 Å². The molecule has 0 aliphatic heterocycles. The molecule has 1 fully saturated rings. The van der Waals surface area contributed by atoms with Crippen molar-refractivity contribution in [1.29, 1.82) is 0 Å². The number of carboxylic acid groups (broad SMARTS) is 2. The lowest BCUT2D eigenvalue weighted by Gasteiger charge is -2.48. The van der Waals surface area contributed by atoms with E-state index >= 15 is 0 Å². The van der Waals surface area contributed by atoms with Crippen LogP contribution in [0.2, 0.25) is 0 Å². The molecule has 4 unspecified atom stereocenters. The minimum absolute atomic E-state index is 0.487. The van der Waals surface area contributed by atoms with Crippen LogP contribution in [0.3, 0.4) is 0 Å². The first-order valence-electron chi connectivity index (χ1n) is 5.10. The van der Waals surface area contributed by atoms with Crippen LogP contribution in [0.4, 0.5) is 0 Å². The molecule has 0 heterocycles. The van der Waals surface area contributed by atoms with Gasteiger partial charge in [-0.15, -0.1) is 0 Å². The van der Waals surface area contributed by atoms with Crippen LogP contribution in [0.15, 0.2) is 12.2 Å². The summed E-state index contributed by atoms with van der Waals surface area (Å²) in [4.78, 5) is 22.1. The van der Waals surface area contributed by atoms with Gasteiger partial charge in [-0.2, -0.15) is 0 Å². The smallest absolute Gasteiger partial charge is 0.308 e. The molecular weight excluding hydrogens is 212 g/mol. The van der Waals surface area contributed by atoms with Crippen molar-refractivity contribution in [1.82, 2.24) is 0 Å². The molecule has 6 N–H and O–H groups in total. The molecule has 3 rings (SSSR count). The fraction of sp³-hybridized carbons (Fsp3) is 0.600. The summed E-state index contributed by atoms with van der Waals surface area (Å²) in [5, 5.41) is 18.1. The number of rotatable bonds is 2. The summed E-state index contributed by atoms with van der Waals surface area (Å²) in [5.41, 5.74) is 11.6. The van der Waals surface area contributed by atoms with Crippen molar-refractivity contribution in [2.24, 2.45) is 35.1 Å². The fourth-order valence-corrected chi connectivity index (χ4v) is 2.88. The molecule has 0 spiro atoms. The SMILES string of the molecule is NC1C(C(=O)O)[C@H]2C=C[C@@H]1C(C(=O)O)C2N. The summed E-state index contributed by atoms with van der Waals surface area (Å²) in [7, 11) is 0. The van der Waals surface area contributed by atoms with Crippen molar-refractivity contribution in [3.8, 4) is 0 Å². The summed E-state index contributed by atoms with van der Waals surface area (Å²) in [6.07, 6.45) is 3.38. The van der Waals surface area contributed by atoms with Crippen molar-refractivity contribution in [3.05, 3.63) is 12.2 Å². The van der Waals surface area contributed by atoms with E-state index in [4.69, 9.17) is 21.7 Å². The van der Waals surface area contributed by atoms with Gasteiger partial charge >= 0.3 is 11.9 Å². The molecule has 3 aliphatic rings. The molecule has 2 bridgehead atoms. The number of aliphatic carboxylic acids is 2. The third-order valence-corrected chi connectivity index (χ3v) is 3.67. The van der Waals surface area contributed by atoms with Crippen molar-refractivity contribution >= 4 is 11.9 Å². The highest BCUT2D eigenvalue weighted by atomic mass is 16.4. The van der Waals surface area contributed by atoms with E-state index in [1.165, 1.54) is 0 Å². The van der Waals surface area contributed by atoms with Gasteiger partial charge in [0.15, 0.2) is 0 Å². The average Bonchev–Trinajstić information content (AvgIpc) is 2.18. The van der Waals surface area contributed by atoms with Crippen molar-refractivity contribution < 1.29 is 19.8 Å². The first-order valence-corrected chi connectivity index (χ1v) is 5.10. The molecule has 0 radical (unpaired) electrons. The Hall–Kier alpha value is -1.40. The lowest BCUT2D eigenvalue weighted by atomic mass is 9.58. The van der Waals surface area contributed by atoms with E-state index in [9.17, 15) is 9.59 Å². The Morgan fingerprint density at radius 1 is 0.875 bits per heavy atom. The van der Waals surface area contributed by atoms with E-state index in [0.29, 0.717) is 0 Å². The molecule has 0 aromatic heterocycles. The van der Waals surface area contributed by atoms with Gasteiger partial charge in [0.05, 0.1) is 11.8 Å². The van der Waals surface area contributed by atoms with Crippen LogP contribution >= 0.6 is 0 Å². The predicted octanol–water partition coefficient (Wildman–Crippen LogP) is -1.14. The Morgan fingerprint density at radius 2 is 1.19 bits per heavy atom.